The van der Waals surface area contributed by atoms with E-state index in [2.05, 4.69) is 20.4 Å². The molecule has 0 saturated carbocycles. The number of carbonyl (C=O) groups is 1. The van der Waals surface area contributed by atoms with Crippen LogP contribution in [-0.2, 0) is 6.18 Å². The van der Waals surface area contributed by atoms with Crippen LogP contribution in [0.25, 0.3) is 16.9 Å². The van der Waals surface area contributed by atoms with Gasteiger partial charge in [0.25, 0.3) is 5.91 Å². The second kappa shape index (κ2) is 7.98. The van der Waals surface area contributed by atoms with Gasteiger partial charge in [0.2, 0.25) is 0 Å². The fraction of sp³-hybridized carbons (Fsp3) is 0.0476. The Labute approximate surface area is 173 Å². The lowest BCUT2D eigenvalue weighted by Crippen LogP contribution is -2.14. The average Bonchev–Trinajstić information content (AvgIpc) is 3.21. The highest BCUT2D eigenvalue weighted by molar-refractivity contribution is 6.04. The minimum Gasteiger partial charge on any atom is -0.322 e. The number of anilines is 1. The van der Waals surface area contributed by atoms with Crippen molar-refractivity contribution in [2.45, 2.75) is 6.18 Å². The van der Waals surface area contributed by atoms with Crippen molar-refractivity contribution in [2.75, 3.05) is 5.32 Å². The summed E-state index contributed by atoms with van der Waals surface area (Å²) in [6.45, 7) is 0. The highest BCUT2D eigenvalue weighted by atomic mass is 19.4. The van der Waals surface area contributed by atoms with Crippen molar-refractivity contribution >= 4 is 11.6 Å². The van der Waals surface area contributed by atoms with E-state index in [4.69, 9.17) is 0 Å². The van der Waals surface area contributed by atoms with E-state index in [0.29, 0.717) is 16.9 Å². The summed E-state index contributed by atoms with van der Waals surface area (Å²) in [4.78, 5) is 19.7. The third kappa shape index (κ3) is 4.27. The van der Waals surface area contributed by atoms with Gasteiger partial charge >= 0.3 is 6.18 Å². The number of halogens is 4. The molecule has 0 fully saturated rings. The molecular formula is C21H13F4N5O. The Morgan fingerprint density at radius 2 is 1.61 bits per heavy atom. The summed E-state index contributed by atoms with van der Waals surface area (Å²) < 4.78 is 54.6. The Hall–Kier alpha value is -4.08. The molecule has 4 rings (SSSR count). The highest BCUT2D eigenvalue weighted by Gasteiger charge is 2.35. The molecule has 0 aliphatic carbocycles. The molecule has 3 heterocycles. The molecule has 4 aromatic rings. The van der Waals surface area contributed by atoms with Gasteiger partial charge < -0.3 is 5.32 Å². The summed E-state index contributed by atoms with van der Waals surface area (Å²) in [5.74, 6) is -1.45. The SMILES string of the molecule is O=C(Nc1ccc(-n2nc(C(F)(F)F)cc2-c2ccncc2)cc1)c1ccncc1F. The zero-order valence-electron chi connectivity index (χ0n) is 15.6. The maximum Gasteiger partial charge on any atom is 0.435 e. The van der Waals surface area contributed by atoms with Crippen molar-refractivity contribution < 1.29 is 22.4 Å². The van der Waals surface area contributed by atoms with Gasteiger partial charge in [0, 0.05) is 29.8 Å². The minimum atomic E-state index is -4.62. The summed E-state index contributed by atoms with van der Waals surface area (Å²) >= 11 is 0. The molecule has 0 aliphatic rings. The van der Waals surface area contributed by atoms with Gasteiger partial charge in [-0.3, -0.25) is 14.8 Å². The largest absolute Gasteiger partial charge is 0.435 e. The normalized spacial score (nSPS) is 11.4. The number of pyridine rings is 2. The van der Waals surface area contributed by atoms with E-state index in [1.807, 2.05) is 0 Å². The Morgan fingerprint density at radius 1 is 0.935 bits per heavy atom. The van der Waals surface area contributed by atoms with Crippen LogP contribution in [0.1, 0.15) is 16.1 Å². The molecule has 156 valence electrons. The third-order valence-electron chi connectivity index (χ3n) is 4.36. The molecule has 1 N–H and O–H groups in total. The van der Waals surface area contributed by atoms with Crippen LogP contribution in [0.4, 0.5) is 23.2 Å². The first kappa shape index (κ1) is 20.2. The number of nitrogens with one attached hydrogen (secondary N) is 1. The summed E-state index contributed by atoms with van der Waals surface area (Å²) in [5.41, 5.74) is 0.189. The van der Waals surface area contributed by atoms with Gasteiger partial charge in [0.1, 0.15) is 0 Å². The first-order chi connectivity index (χ1) is 14.8. The van der Waals surface area contributed by atoms with E-state index in [-0.39, 0.29) is 11.3 Å². The molecule has 31 heavy (non-hydrogen) atoms. The Morgan fingerprint density at radius 3 is 2.26 bits per heavy atom. The van der Waals surface area contributed by atoms with Crippen LogP contribution < -0.4 is 5.32 Å². The summed E-state index contributed by atoms with van der Waals surface area (Å²) in [6.07, 6.45) is 0.537. The smallest absolute Gasteiger partial charge is 0.322 e. The van der Waals surface area contributed by atoms with Gasteiger partial charge in [0.15, 0.2) is 11.5 Å². The molecule has 0 unspecified atom stereocenters. The van der Waals surface area contributed by atoms with Gasteiger partial charge in [-0.25, -0.2) is 9.07 Å². The fourth-order valence-corrected chi connectivity index (χ4v) is 2.89. The van der Waals surface area contributed by atoms with E-state index in [1.54, 1.807) is 12.1 Å². The number of alkyl halides is 3. The topological polar surface area (TPSA) is 72.7 Å². The minimum absolute atomic E-state index is 0.180. The first-order valence-electron chi connectivity index (χ1n) is 8.92. The number of hydrogen-bond acceptors (Lipinski definition) is 4. The van der Waals surface area contributed by atoms with Crippen molar-refractivity contribution in [3.8, 4) is 16.9 Å². The lowest BCUT2D eigenvalue weighted by Gasteiger charge is -2.10. The van der Waals surface area contributed by atoms with E-state index >= 15 is 0 Å². The molecule has 0 aliphatic heterocycles. The van der Waals surface area contributed by atoms with Crippen LogP contribution in [-0.4, -0.2) is 25.7 Å². The fourth-order valence-electron chi connectivity index (χ4n) is 2.89. The number of hydrogen-bond donors (Lipinski definition) is 1. The number of carbonyl (C=O) groups excluding carboxylic acids is 1. The van der Waals surface area contributed by atoms with Crippen molar-refractivity contribution in [1.29, 1.82) is 0 Å². The van der Waals surface area contributed by atoms with Gasteiger partial charge in [-0.15, -0.1) is 0 Å². The van der Waals surface area contributed by atoms with Gasteiger partial charge in [-0.05, 0) is 48.5 Å². The Kier molecular flexibility index (Phi) is 5.20. The molecule has 0 radical (unpaired) electrons. The molecule has 1 aromatic carbocycles. The summed E-state index contributed by atoms with van der Waals surface area (Å²) in [7, 11) is 0. The zero-order valence-corrected chi connectivity index (χ0v) is 15.6. The molecular weight excluding hydrogens is 414 g/mol. The predicted molar refractivity (Wildman–Crippen MR) is 104 cm³/mol. The van der Waals surface area contributed by atoms with Crippen LogP contribution in [0.2, 0.25) is 0 Å². The van der Waals surface area contributed by atoms with Gasteiger partial charge in [-0.1, -0.05) is 0 Å². The summed E-state index contributed by atoms with van der Waals surface area (Å²) in [5, 5.41) is 6.23. The molecule has 10 heteroatoms. The molecule has 6 nitrogen and oxygen atoms in total. The Bertz CT molecular complexity index is 1220. The second-order valence-corrected chi connectivity index (χ2v) is 6.42. The van der Waals surface area contributed by atoms with E-state index in [9.17, 15) is 22.4 Å². The average molecular weight is 427 g/mol. The number of amides is 1. The maximum atomic E-state index is 13.7. The number of aromatic nitrogens is 4. The van der Waals surface area contributed by atoms with Crippen molar-refractivity contribution in [3.05, 3.63) is 90.4 Å². The molecule has 0 atom stereocenters. The maximum absolute atomic E-state index is 13.7. The number of nitrogens with zero attached hydrogens (tertiary/aromatic N) is 4. The van der Waals surface area contributed by atoms with E-state index < -0.39 is 23.6 Å². The predicted octanol–water partition coefficient (Wildman–Crippen LogP) is 4.74. The lowest BCUT2D eigenvalue weighted by atomic mass is 10.1. The van der Waals surface area contributed by atoms with Crippen LogP contribution in [0.5, 0.6) is 0 Å². The lowest BCUT2D eigenvalue weighted by molar-refractivity contribution is -0.141. The summed E-state index contributed by atoms with van der Waals surface area (Å²) in [6, 6.07) is 11.3. The van der Waals surface area contributed by atoms with E-state index in [1.165, 1.54) is 48.9 Å². The molecule has 0 bridgehead atoms. The van der Waals surface area contributed by atoms with Crippen LogP contribution in [0.15, 0.2) is 73.3 Å². The van der Waals surface area contributed by atoms with Crippen LogP contribution in [0.3, 0.4) is 0 Å². The molecule has 1 amide bonds. The van der Waals surface area contributed by atoms with Gasteiger partial charge in [0.05, 0.1) is 23.1 Å². The van der Waals surface area contributed by atoms with Gasteiger partial charge in [-0.2, -0.15) is 18.3 Å². The number of benzene rings is 1. The first-order valence-corrected chi connectivity index (χ1v) is 8.92. The monoisotopic (exact) mass is 427 g/mol. The van der Waals surface area contributed by atoms with Crippen molar-refractivity contribution in [1.82, 2.24) is 19.7 Å². The van der Waals surface area contributed by atoms with E-state index in [0.717, 1.165) is 16.9 Å². The highest BCUT2D eigenvalue weighted by Crippen LogP contribution is 2.33. The van der Waals surface area contributed by atoms with Crippen LogP contribution in [0, 0.1) is 5.82 Å². The molecule has 3 aromatic heterocycles. The number of rotatable bonds is 4. The zero-order chi connectivity index (χ0) is 22.0. The molecule has 0 saturated heterocycles. The van der Waals surface area contributed by atoms with Crippen molar-refractivity contribution in [2.24, 2.45) is 0 Å². The van der Waals surface area contributed by atoms with Crippen molar-refractivity contribution in [3.63, 3.8) is 0 Å². The molecule has 0 spiro atoms. The second-order valence-electron chi connectivity index (χ2n) is 6.42. The quantitative estimate of drug-likeness (QED) is 0.478. The third-order valence-corrected chi connectivity index (χ3v) is 4.36. The van der Waals surface area contributed by atoms with Crippen LogP contribution >= 0.6 is 0 Å². The standard InChI is InChI=1S/C21H13F4N5O/c22-17-12-27-10-7-16(17)20(31)28-14-1-3-15(4-2-14)30-18(13-5-8-26-9-6-13)11-19(29-30)21(23,24)25/h1-12H,(H,28,31). The Balaban J connectivity index is 1.65.